The molecule has 26 heavy (non-hydrogen) atoms. The standard InChI is InChI=1S/C20H26N2O4/c1-2-10-20(11-12-20)26-18(23)17-9-8-16-13-21(17)19(24)22(16)25-14-15-6-4-3-5-7-15/h3-7,16-17H,2,8-14H2,1H3/t16-,17+/m1/s1. The fourth-order valence-corrected chi connectivity index (χ4v) is 4.04. The Hall–Kier alpha value is -2.08. The minimum Gasteiger partial charge on any atom is -0.458 e. The Bertz CT molecular complexity index is 674. The highest BCUT2D eigenvalue weighted by Crippen LogP contribution is 2.44. The van der Waals surface area contributed by atoms with Crippen molar-refractivity contribution in [2.75, 3.05) is 6.54 Å². The number of ether oxygens (including phenoxy) is 1. The number of hydrogen-bond donors (Lipinski definition) is 0. The first kappa shape index (κ1) is 17.3. The number of rotatable bonds is 7. The molecular formula is C20H26N2O4. The summed E-state index contributed by atoms with van der Waals surface area (Å²) >= 11 is 0. The van der Waals surface area contributed by atoms with Gasteiger partial charge in [-0.05, 0) is 37.7 Å². The van der Waals surface area contributed by atoms with E-state index in [0.717, 1.165) is 37.7 Å². The van der Waals surface area contributed by atoms with Crippen molar-refractivity contribution in [3.63, 3.8) is 0 Å². The van der Waals surface area contributed by atoms with E-state index in [1.54, 1.807) is 4.90 Å². The van der Waals surface area contributed by atoms with Crippen molar-refractivity contribution in [2.45, 2.75) is 69.7 Å². The molecule has 3 fully saturated rings. The van der Waals surface area contributed by atoms with Crippen LogP contribution in [0.4, 0.5) is 4.79 Å². The van der Waals surface area contributed by atoms with Gasteiger partial charge in [-0.2, -0.15) is 5.06 Å². The molecule has 2 aliphatic heterocycles. The molecule has 1 aromatic carbocycles. The highest BCUT2D eigenvalue weighted by atomic mass is 16.7. The van der Waals surface area contributed by atoms with Gasteiger partial charge in [0.05, 0.1) is 6.04 Å². The van der Waals surface area contributed by atoms with E-state index >= 15 is 0 Å². The van der Waals surface area contributed by atoms with Gasteiger partial charge in [0.15, 0.2) is 0 Å². The van der Waals surface area contributed by atoms with E-state index < -0.39 is 6.04 Å². The van der Waals surface area contributed by atoms with Gasteiger partial charge in [0.1, 0.15) is 18.2 Å². The Morgan fingerprint density at radius 3 is 2.69 bits per heavy atom. The third-order valence-electron chi connectivity index (χ3n) is 5.64. The lowest BCUT2D eigenvalue weighted by atomic mass is 10.0. The summed E-state index contributed by atoms with van der Waals surface area (Å²) in [5.74, 6) is -0.243. The number of piperidine rings is 1. The maximum absolute atomic E-state index is 12.7. The molecule has 1 aromatic rings. The van der Waals surface area contributed by atoms with Gasteiger partial charge in [-0.15, -0.1) is 0 Å². The van der Waals surface area contributed by atoms with E-state index in [0.29, 0.717) is 19.6 Å². The summed E-state index contributed by atoms with van der Waals surface area (Å²) < 4.78 is 5.80. The lowest BCUT2D eigenvalue weighted by molar-refractivity contribution is -0.157. The van der Waals surface area contributed by atoms with Crippen LogP contribution in [0, 0.1) is 0 Å². The van der Waals surface area contributed by atoms with Crippen LogP contribution >= 0.6 is 0 Å². The number of hydroxylamine groups is 2. The largest absolute Gasteiger partial charge is 0.458 e. The summed E-state index contributed by atoms with van der Waals surface area (Å²) in [5.41, 5.74) is 0.762. The topological polar surface area (TPSA) is 59.1 Å². The summed E-state index contributed by atoms with van der Waals surface area (Å²) in [6.07, 6.45) is 5.21. The number of amides is 2. The third-order valence-corrected chi connectivity index (χ3v) is 5.64. The van der Waals surface area contributed by atoms with Crippen molar-refractivity contribution < 1.29 is 19.2 Å². The number of hydrogen-bond acceptors (Lipinski definition) is 4. The van der Waals surface area contributed by atoms with Gasteiger partial charge < -0.3 is 9.64 Å². The Morgan fingerprint density at radius 2 is 2.00 bits per heavy atom. The van der Waals surface area contributed by atoms with Crippen LogP contribution < -0.4 is 0 Å². The van der Waals surface area contributed by atoms with Crippen molar-refractivity contribution in [3.8, 4) is 0 Å². The smallest absolute Gasteiger partial charge is 0.345 e. The molecule has 3 aliphatic rings. The highest BCUT2D eigenvalue weighted by Gasteiger charge is 2.52. The second kappa shape index (κ2) is 6.91. The minimum absolute atomic E-state index is 0.0146. The molecule has 2 atom stereocenters. The highest BCUT2D eigenvalue weighted by molar-refractivity contribution is 5.85. The molecule has 6 nitrogen and oxygen atoms in total. The van der Waals surface area contributed by atoms with Gasteiger partial charge >= 0.3 is 12.0 Å². The molecule has 140 valence electrons. The van der Waals surface area contributed by atoms with Crippen LogP contribution in [0.1, 0.15) is 51.0 Å². The molecule has 0 unspecified atom stereocenters. The predicted molar refractivity (Wildman–Crippen MR) is 94.9 cm³/mol. The summed E-state index contributed by atoms with van der Waals surface area (Å²) in [6, 6.07) is 9.10. The summed E-state index contributed by atoms with van der Waals surface area (Å²) in [4.78, 5) is 32.8. The molecule has 0 aromatic heterocycles. The molecule has 2 amide bonds. The predicted octanol–water partition coefficient (Wildman–Crippen LogP) is 3.26. The van der Waals surface area contributed by atoms with Crippen LogP contribution in [-0.2, 0) is 21.0 Å². The monoisotopic (exact) mass is 358 g/mol. The molecule has 6 heteroatoms. The number of carbonyl (C=O) groups excluding carboxylic acids is 2. The van der Waals surface area contributed by atoms with Crippen LogP contribution in [0.5, 0.6) is 0 Å². The lowest BCUT2D eigenvalue weighted by Gasteiger charge is -2.30. The third kappa shape index (κ3) is 3.30. The van der Waals surface area contributed by atoms with E-state index in [-0.39, 0.29) is 23.6 Å². The number of nitrogens with zero attached hydrogens (tertiary/aromatic N) is 2. The molecule has 2 saturated heterocycles. The van der Waals surface area contributed by atoms with E-state index in [2.05, 4.69) is 6.92 Å². The van der Waals surface area contributed by atoms with Crippen LogP contribution in [0.15, 0.2) is 30.3 Å². The van der Waals surface area contributed by atoms with Crippen molar-refractivity contribution in [2.24, 2.45) is 0 Å². The molecular weight excluding hydrogens is 332 g/mol. The number of urea groups is 1. The van der Waals surface area contributed by atoms with Gasteiger partial charge in [0, 0.05) is 6.54 Å². The molecule has 1 saturated carbocycles. The fourth-order valence-electron chi connectivity index (χ4n) is 4.04. The van der Waals surface area contributed by atoms with E-state index in [1.165, 1.54) is 5.06 Å². The molecule has 2 bridgehead atoms. The van der Waals surface area contributed by atoms with E-state index in [4.69, 9.17) is 9.57 Å². The quantitative estimate of drug-likeness (QED) is 0.702. The Balaban J connectivity index is 1.37. The average molecular weight is 358 g/mol. The van der Waals surface area contributed by atoms with Gasteiger partial charge in [-0.25, -0.2) is 9.59 Å². The zero-order valence-corrected chi connectivity index (χ0v) is 15.2. The maximum atomic E-state index is 12.7. The maximum Gasteiger partial charge on any atom is 0.345 e. The molecule has 4 rings (SSSR count). The van der Waals surface area contributed by atoms with Crippen molar-refractivity contribution in [1.82, 2.24) is 9.96 Å². The van der Waals surface area contributed by atoms with Gasteiger partial charge in [-0.1, -0.05) is 43.7 Å². The number of benzene rings is 1. The number of fused-ring (bicyclic) bond motifs is 2. The van der Waals surface area contributed by atoms with Crippen molar-refractivity contribution in [3.05, 3.63) is 35.9 Å². The SMILES string of the molecule is CCCC1(OC(=O)[C@@H]2CC[C@@H]3CN2C(=O)N3OCc2ccccc2)CC1. The van der Waals surface area contributed by atoms with Gasteiger partial charge in [0.25, 0.3) is 0 Å². The molecule has 0 N–H and O–H groups in total. The van der Waals surface area contributed by atoms with Crippen LogP contribution in [0.25, 0.3) is 0 Å². The Morgan fingerprint density at radius 1 is 1.23 bits per heavy atom. The zero-order chi connectivity index (χ0) is 18.1. The molecule has 2 heterocycles. The Kier molecular flexibility index (Phi) is 4.61. The Labute approximate surface area is 154 Å². The fraction of sp³-hybridized carbons (Fsp3) is 0.600. The first-order chi connectivity index (χ1) is 12.6. The first-order valence-electron chi connectivity index (χ1n) is 9.61. The van der Waals surface area contributed by atoms with Crippen LogP contribution in [-0.4, -0.2) is 46.2 Å². The van der Waals surface area contributed by atoms with Crippen LogP contribution in [0.3, 0.4) is 0 Å². The second-order valence-corrected chi connectivity index (χ2v) is 7.62. The second-order valence-electron chi connectivity index (χ2n) is 7.62. The summed E-state index contributed by atoms with van der Waals surface area (Å²) in [5, 5.41) is 1.46. The minimum atomic E-state index is -0.474. The normalized spacial score (nSPS) is 26.1. The number of carbonyl (C=O) groups is 2. The summed E-state index contributed by atoms with van der Waals surface area (Å²) in [7, 11) is 0. The molecule has 0 radical (unpaired) electrons. The lowest BCUT2D eigenvalue weighted by Crippen LogP contribution is -2.47. The molecule has 0 spiro atoms. The van der Waals surface area contributed by atoms with E-state index in [1.807, 2.05) is 30.3 Å². The average Bonchev–Trinajstić information content (AvgIpc) is 3.36. The van der Waals surface area contributed by atoms with Crippen LogP contribution in [0.2, 0.25) is 0 Å². The first-order valence-corrected chi connectivity index (χ1v) is 9.61. The zero-order valence-electron chi connectivity index (χ0n) is 15.2. The van der Waals surface area contributed by atoms with Crippen molar-refractivity contribution in [1.29, 1.82) is 0 Å². The van der Waals surface area contributed by atoms with Gasteiger partial charge in [0.2, 0.25) is 0 Å². The molecule has 1 aliphatic carbocycles. The van der Waals surface area contributed by atoms with E-state index in [9.17, 15) is 9.59 Å². The van der Waals surface area contributed by atoms with Crippen molar-refractivity contribution >= 4 is 12.0 Å². The number of esters is 1. The van der Waals surface area contributed by atoms with Gasteiger partial charge in [-0.3, -0.25) is 4.84 Å². The summed E-state index contributed by atoms with van der Waals surface area (Å²) in [6.45, 7) is 2.99.